The van der Waals surface area contributed by atoms with E-state index in [-0.39, 0.29) is 0 Å². The standard InChI is InChI=1S/C16H28N4O/c1-12(2)9-17-10-14-5-3-4-8-20(14)11-15-18-16(19-21-15)13-6-7-13/h12-14,17H,3-11H2,1-2H3. The molecule has 2 heterocycles. The first-order valence-corrected chi connectivity index (χ1v) is 8.49. The maximum Gasteiger partial charge on any atom is 0.240 e. The summed E-state index contributed by atoms with van der Waals surface area (Å²) in [5, 5.41) is 7.72. The Morgan fingerprint density at radius 3 is 2.90 bits per heavy atom. The number of hydrogen-bond acceptors (Lipinski definition) is 5. The Kier molecular flexibility index (Phi) is 4.91. The summed E-state index contributed by atoms with van der Waals surface area (Å²) in [5.74, 6) is 3.01. The SMILES string of the molecule is CC(C)CNCC1CCCCN1Cc1nc(C2CC2)no1. The average molecular weight is 292 g/mol. The number of aromatic nitrogens is 2. The Balaban J connectivity index is 1.52. The highest BCUT2D eigenvalue weighted by molar-refractivity contribution is 5.03. The highest BCUT2D eigenvalue weighted by atomic mass is 16.5. The second kappa shape index (κ2) is 6.88. The van der Waals surface area contributed by atoms with E-state index in [2.05, 4.69) is 34.2 Å². The highest BCUT2D eigenvalue weighted by Crippen LogP contribution is 2.38. The van der Waals surface area contributed by atoms with Crippen LogP contribution in [0.15, 0.2) is 4.52 Å². The van der Waals surface area contributed by atoms with E-state index in [1.54, 1.807) is 0 Å². The zero-order valence-electron chi connectivity index (χ0n) is 13.3. The zero-order valence-corrected chi connectivity index (χ0v) is 13.3. The fourth-order valence-corrected chi connectivity index (χ4v) is 3.05. The van der Waals surface area contributed by atoms with Gasteiger partial charge in [0, 0.05) is 18.5 Å². The van der Waals surface area contributed by atoms with Crippen LogP contribution < -0.4 is 5.32 Å². The van der Waals surface area contributed by atoms with E-state index >= 15 is 0 Å². The predicted octanol–water partition coefficient (Wildman–Crippen LogP) is 2.55. The summed E-state index contributed by atoms with van der Waals surface area (Å²) in [6, 6.07) is 0.605. The van der Waals surface area contributed by atoms with Crippen LogP contribution in [0.1, 0.15) is 63.6 Å². The predicted molar refractivity (Wildman–Crippen MR) is 82.0 cm³/mol. The lowest BCUT2D eigenvalue weighted by molar-refractivity contribution is 0.121. The Morgan fingerprint density at radius 1 is 1.29 bits per heavy atom. The van der Waals surface area contributed by atoms with E-state index in [1.165, 1.54) is 32.1 Å². The molecule has 1 aromatic rings. The number of nitrogens with zero attached hydrogens (tertiary/aromatic N) is 3. The van der Waals surface area contributed by atoms with E-state index in [0.29, 0.717) is 17.9 Å². The number of likely N-dealkylation sites (tertiary alicyclic amines) is 1. The van der Waals surface area contributed by atoms with Crippen molar-refractivity contribution in [2.45, 2.75) is 64.5 Å². The average Bonchev–Trinajstić information content (AvgIpc) is 3.21. The molecule has 1 N–H and O–H groups in total. The molecule has 1 aromatic heterocycles. The third kappa shape index (κ3) is 4.27. The van der Waals surface area contributed by atoms with Gasteiger partial charge in [-0.2, -0.15) is 4.98 Å². The molecule has 1 saturated carbocycles. The van der Waals surface area contributed by atoms with Crippen LogP contribution in [0.25, 0.3) is 0 Å². The van der Waals surface area contributed by atoms with Gasteiger partial charge in [0.25, 0.3) is 0 Å². The van der Waals surface area contributed by atoms with Crippen molar-refractivity contribution in [1.29, 1.82) is 0 Å². The van der Waals surface area contributed by atoms with E-state index < -0.39 is 0 Å². The first-order valence-electron chi connectivity index (χ1n) is 8.49. The summed E-state index contributed by atoms with van der Waals surface area (Å²) in [5.41, 5.74) is 0. The van der Waals surface area contributed by atoms with Crippen molar-refractivity contribution >= 4 is 0 Å². The van der Waals surface area contributed by atoms with Crippen LogP contribution in [0.3, 0.4) is 0 Å². The number of hydrogen-bond donors (Lipinski definition) is 1. The van der Waals surface area contributed by atoms with Gasteiger partial charge in [0.05, 0.1) is 6.54 Å². The third-order valence-electron chi connectivity index (χ3n) is 4.45. The first kappa shape index (κ1) is 15.0. The molecule has 1 unspecified atom stereocenters. The van der Waals surface area contributed by atoms with Crippen LogP contribution in [-0.2, 0) is 6.54 Å². The molecule has 1 aliphatic carbocycles. The number of rotatable bonds is 7. The summed E-state index contributed by atoms with van der Waals surface area (Å²) in [6.07, 6.45) is 6.34. The monoisotopic (exact) mass is 292 g/mol. The van der Waals surface area contributed by atoms with Crippen molar-refractivity contribution in [2.75, 3.05) is 19.6 Å². The second-order valence-electron chi connectivity index (χ2n) is 6.99. The lowest BCUT2D eigenvalue weighted by atomic mass is 10.0. The molecule has 0 bridgehead atoms. The topological polar surface area (TPSA) is 54.2 Å². The van der Waals surface area contributed by atoms with Gasteiger partial charge >= 0.3 is 0 Å². The molecule has 3 rings (SSSR count). The normalized spacial score (nSPS) is 23.9. The van der Waals surface area contributed by atoms with Crippen LogP contribution in [0, 0.1) is 5.92 Å². The molecule has 0 spiro atoms. The molecule has 118 valence electrons. The van der Waals surface area contributed by atoms with Gasteiger partial charge in [-0.15, -0.1) is 0 Å². The van der Waals surface area contributed by atoms with Crippen LogP contribution in [0.5, 0.6) is 0 Å². The van der Waals surface area contributed by atoms with E-state index in [0.717, 1.165) is 37.9 Å². The van der Waals surface area contributed by atoms with Gasteiger partial charge in [-0.05, 0) is 44.7 Å². The second-order valence-corrected chi connectivity index (χ2v) is 6.99. The molecule has 2 fully saturated rings. The Labute approximate surface area is 127 Å². The van der Waals surface area contributed by atoms with Gasteiger partial charge in [0.2, 0.25) is 5.89 Å². The molecule has 0 amide bonds. The minimum absolute atomic E-state index is 0.576. The summed E-state index contributed by atoms with van der Waals surface area (Å²) < 4.78 is 5.44. The maximum absolute atomic E-state index is 5.44. The van der Waals surface area contributed by atoms with Crippen LogP contribution in [0.4, 0.5) is 0 Å². The summed E-state index contributed by atoms with van der Waals surface area (Å²) in [6.45, 7) is 8.63. The van der Waals surface area contributed by atoms with Gasteiger partial charge in [-0.1, -0.05) is 25.4 Å². The number of piperidine rings is 1. The van der Waals surface area contributed by atoms with E-state index in [1.807, 2.05) is 0 Å². The van der Waals surface area contributed by atoms with Crippen molar-refractivity contribution in [2.24, 2.45) is 5.92 Å². The van der Waals surface area contributed by atoms with Gasteiger partial charge < -0.3 is 9.84 Å². The minimum atomic E-state index is 0.576. The van der Waals surface area contributed by atoms with Crippen LogP contribution in [0.2, 0.25) is 0 Å². The minimum Gasteiger partial charge on any atom is -0.338 e. The van der Waals surface area contributed by atoms with E-state index in [9.17, 15) is 0 Å². The maximum atomic E-state index is 5.44. The van der Waals surface area contributed by atoms with Crippen molar-refractivity contribution in [1.82, 2.24) is 20.4 Å². The quantitative estimate of drug-likeness (QED) is 0.837. The van der Waals surface area contributed by atoms with Crippen molar-refractivity contribution in [3.63, 3.8) is 0 Å². The third-order valence-corrected chi connectivity index (χ3v) is 4.45. The molecule has 21 heavy (non-hydrogen) atoms. The van der Waals surface area contributed by atoms with Gasteiger partial charge in [0.15, 0.2) is 5.82 Å². The molecule has 1 saturated heterocycles. The number of nitrogens with one attached hydrogen (secondary N) is 1. The van der Waals surface area contributed by atoms with Crippen LogP contribution >= 0.6 is 0 Å². The van der Waals surface area contributed by atoms with E-state index in [4.69, 9.17) is 4.52 Å². The highest BCUT2D eigenvalue weighted by Gasteiger charge is 2.30. The smallest absolute Gasteiger partial charge is 0.240 e. The zero-order chi connectivity index (χ0) is 14.7. The fourth-order valence-electron chi connectivity index (χ4n) is 3.05. The van der Waals surface area contributed by atoms with Crippen molar-refractivity contribution in [3.05, 3.63) is 11.7 Å². The molecule has 5 nitrogen and oxygen atoms in total. The summed E-state index contributed by atoms with van der Waals surface area (Å²) in [4.78, 5) is 7.08. The molecule has 1 aliphatic heterocycles. The van der Waals surface area contributed by atoms with Crippen LogP contribution in [-0.4, -0.2) is 40.7 Å². The Hall–Kier alpha value is -0.940. The Bertz CT molecular complexity index is 441. The Morgan fingerprint density at radius 2 is 2.14 bits per heavy atom. The lowest BCUT2D eigenvalue weighted by Crippen LogP contribution is -2.45. The molecule has 5 heteroatoms. The van der Waals surface area contributed by atoms with Crippen molar-refractivity contribution < 1.29 is 4.52 Å². The fraction of sp³-hybridized carbons (Fsp3) is 0.875. The summed E-state index contributed by atoms with van der Waals surface area (Å²) >= 11 is 0. The van der Waals surface area contributed by atoms with Gasteiger partial charge in [-0.3, -0.25) is 4.90 Å². The lowest BCUT2D eigenvalue weighted by Gasteiger charge is -2.35. The van der Waals surface area contributed by atoms with Gasteiger partial charge in [0.1, 0.15) is 0 Å². The summed E-state index contributed by atoms with van der Waals surface area (Å²) in [7, 11) is 0. The molecule has 1 atom stereocenters. The molecule has 0 radical (unpaired) electrons. The first-order chi connectivity index (χ1) is 10.2. The molecular weight excluding hydrogens is 264 g/mol. The molecular formula is C16H28N4O. The molecule has 0 aromatic carbocycles. The largest absolute Gasteiger partial charge is 0.338 e. The molecule has 2 aliphatic rings. The van der Waals surface area contributed by atoms with Crippen molar-refractivity contribution in [3.8, 4) is 0 Å². The van der Waals surface area contributed by atoms with Gasteiger partial charge in [-0.25, -0.2) is 0 Å².